The van der Waals surface area contributed by atoms with Gasteiger partial charge in [-0.05, 0) is 0 Å². The normalized spacial score (nSPS) is 14.9. The van der Waals surface area contributed by atoms with Gasteiger partial charge in [-0.25, -0.2) is 0 Å². The van der Waals surface area contributed by atoms with Gasteiger partial charge in [0, 0.05) is 0 Å². The van der Waals surface area contributed by atoms with Crippen LogP contribution < -0.4 is 8.51 Å². The summed E-state index contributed by atoms with van der Waals surface area (Å²) in [4.78, 5) is 0. The molecule has 0 aliphatic heterocycles. The molecule has 1 nitrogen and oxygen atoms in total. The fourth-order valence-electron chi connectivity index (χ4n) is 2.80. The fraction of sp³-hybridized carbons (Fsp3) is 0.444. The number of benzene rings is 1. The van der Waals surface area contributed by atoms with E-state index in [4.69, 9.17) is 3.32 Å². The summed E-state index contributed by atoms with van der Waals surface area (Å²) in [5.74, 6) is 1.14. The molecule has 0 unspecified atom stereocenters. The second-order valence-electron chi connectivity index (χ2n) is 7.67. The first-order valence-corrected chi connectivity index (χ1v) is 18.7. The third-order valence-electron chi connectivity index (χ3n) is 4.13. The van der Waals surface area contributed by atoms with Crippen LogP contribution in [0, 0.1) is 6.92 Å². The summed E-state index contributed by atoms with van der Waals surface area (Å²) in [7, 11) is -1.29. The molecule has 0 amide bonds. The van der Waals surface area contributed by atoms with E-state index < -0.39 is 32.3 Å². The summed E-state index contributed by atoms with van der Waals surface area (Å²) in [6.07, 6.45) is 5.73. The Morgan fingerprint density at radius 3 is 2.27 bits per heavy atom. The van der Waals surface area contributed by atoms with E-state index in [9.17, 15) is 0 Å². The first-order chi connectivity index (χ1) is 10.2. The van der Waals surface area contributed by atoms with Crippen LogP contribution in [-0.4, -0.2) is 14.7 Å². The van der Waals surface area contributed by atoms with Crippen LogP contribution >= 0.6 is 0 Å². The topological polar surface area (TPSA) is 9.23 Å². The molecule has 0 saturated heterocycles. The van der Waals surface area contributed by atoms with Crippen molar-refractivity contribution in [3.63, 3.8) is 0 Å². The minimum atomic E-state index is -1.58. The second kappa shape index (κ2) is 7.04. The van der Waals surface area contributed by atoms with E-state index in [1.165, 1.54) is 16.3 Å². The number of hydrogen-bond acceptors (Lipinski definition) is 1. The van der Waals surface area contributed by atoms with Crippen LogP contribution in [0.2, 0.25) is 32.7 Å². The zero-order valence-corrected chi connectivity index (χ0v) is 18.8. The predicted octanol–water partition coefficient (Wildman–Crippen LogP) is 4.67. The van der Waals surface area contributed by atoms with Crippen LogP contribution in [0.1, 0.15) is 18.9 Å². The van der Waals surface area contributed by atoms with E-state index in [2.05, 4.69) is 76.9 Å². The Morgan fingerprint density at radius 1 is 1.09 bits per heavy atom. The molecular formula is C18H29OSi2Ti. The van der Waals surface area contributed by atoms with Gasteiger partial charge in [0.05, 0.1) is 0 Å². The van der Waals surface area contributed by atoms with Crippen LogP contribution in [0.4, 0.5) is 0 Å². The molecule has 4 heteroatoms. The van der Waals surface area contributed by atoms with E-state index in [-0.39, 0.29) is 0 Å². The number of hydrogen-bond donors (Lipinski definition) is 0. The van der Waals surface area contributed by atoms with Crippen molar-refractivity contribution in [3.05, 3.63) is 45.4 Å². The molecule has 0 fully saturated rings. The number of rotatable bonds is 5. The van der Waals surface area contributed by atoms with E-state index in [1.54, 1.807) is 3.88 Å². The minimum absolute atomic E-state index is 0.762. The Bertz CT molecular complexity index is 612. The molecule has 1 aliphatic rings. The first-order valence-electron chi connectivity index (χ1n) is 8.22. The standard InChI is InChI=1S/C10H16OSi.C6H7.C2H7Si.Ti/c1-8-5-9(11)7-10(6-8)12(2,3)4;1-6-4-2-3-5-6;1-3-2;/h5-7,11H,1-4H3;2,4H,3H2,1H3;3H,1-2H3;/q;;;+1/p-1. The zero-order valence-electron chi connectivity index (χ0n) is 15.1. The van der Waals surface area contributed by atoms with Gasteiger partial charge in [-0.15, -0.1) is 0 Å². The van der Waals surface area contributed by atoms with Gasteiger partial charge in [-0.3, -0.25) is 0 Å². The Morgan fingerprint density at radius 2 is 1.77 bits per heavy atom. The third-order valence-corrected chi connectivity index (χ3v) is 16.6. The van der Waals surface area contributed by atoms with Crippen molar-refractivity contribution >= 4 is 19.9 Å². The van der Waals surface area contributed by atoms with Crippen LogP contribution in [0.15, 0.2) is 39.8 Å². The van der Waals surface area contributed by atoms with E-state index in [0.717, 1.165) is 12.2 Å². The molecule has 1 aromatic rings. The van der Waals surface area contributed by atoms with Gasteiger partial charge in [-0.2, -0.15) is 0 Å². The van der Waals surface area contributed by atoms with Gasteiger partial charge in [-0.1, -0.05) is 0 Å². The Hall–Kier alpha value is -0.352. The van der Waals surface area contributed by atoms with Crippen molar-refractivity contribution < 1.29 is 20.8 Å². The Balaban J connectivity index is 2.32. The van der Waals surface area contributed by atoms with Gasteiger partial charge in [0.1, 0.15) is 0 Å². The number of allylic oxidation sites excluding steroid dienone is 4. The van der Waals surface area contributed by atoms with E-state index >= 15 is 0 Å². The first kappa shape index (κ1) is 18.0. The van der Waals surface area contributed by atoms with Gasteiger partial charge < -0.3 is 0 Å². The summed E-state index contributed by atoms with van der Waals surface area (Å²) < 4.78 is 8.36. The van der Waals surface area contributed by atoms with Crippen LogP contribution in [0.3, 0.4) is 0 Å². The summed E-state index contributed by atoms with van der Waals surface area (Å²) in [5.41, 5.74) is 2.82. The second-order valence-corrected chi connectivity index (χ2v) is 25.0. The zero-order chi connectivity index (χ0) is 16.5. The van der Waals surface area contributed by atoms with Gasteiger partial charge >= 0.3 is 145 Å². The summed E-state index contributed by atoms with van der Waals surface area (Å²) >= 11 is -1.58. The molecule has 119 valence electrons. The van der Waals surface area contributed by atoms with Crippen molar-refractivity contribution in [1.29, 1.82) is 0 Å². The number of aryl methyl sites for hydroxylation is 1. The molecule has 22 heavy (non-hydrogen) atoms. The molecule has 1 aliphatic carbocycles. The van der Waals surface area contributed by atoms with Gasteiger partial charge in [0.25, 0.3) is 0 Å². The summed E-state index contributed by atoms with van der Waals surface area (Å²) in [5, 5.41) is 1.51. The average molecular weight is 365 g/mol. The molecule has 0 N–H and O–H groups in total. The summed E-state index contributed by atoms with van der Waals surface area (Å²) in [6.45, 7) is 15.8. The molecule has 1 aromatic carbocycles. The summed E-state index contributed by atoms with van der Waals surface area (Å²) in [6, 6.07) is 6.93. The van der Waals surface area contributed by atoms with Crippen LogP contribution in [-0.2, 0) is 17.5 Å². The molecule has 2 rings (SSSR count). The van der Waals surface area contributed by atoms with Crippen LogP contribution in [0.5, 0.6) is 5.75 Å². The molecule has 0 spiro atoms. The molecule has 0 aromatic heterocycles. The van der Waals surface area contributed by atoms with Crippen molar-refractivity contribution in [1.82, 2.24) is 0 Å². The maximum atomic E-state index is 6.70. The monoisotopic (exact) mass is 365 g/mol. The molecule has 0 saturated carbocycles. The van der Waals surface area contributed by atoms with Crippen LogP contribution in [0.25, 0.3) is 0 Å². The fourth-order valence-corrected chi connectivity index (χ4v) is 13.3. The Labute approximate surface area is 144 Å². The Kier molecular flexibility index (Phi) is 5.76. The predicted molar refractivity (Wildman–Crippen MR) is 100 cm³/mol. The van der Waals surface area contributed by atoms with Gasteiger partial charge in [0.2, 0.25) is 0 Å². The third kappa shape index (κ3) is 4.35. The van der Waals surface area contributed by atoms with E-state index in [1.807, 2.05) is 0 Å². The molecule has 0 bridgehead atoms. The molecule has 0 atom stereocenters. The average Bonchev–Trinajstić information content (AvgIpc) is 2.80. The molecular weight excluding hydrogens is 336 g/mol. The van der Waals surface area contributed by atoms with Crippen molar-refractivity contribution in [2.75, 3.05) is 0 Å². The van der Waals surface area contributed by atoms with Crippen molar-refractivity contribution in [2.24, 2.45) is 0 Å². The van der Waals surface area contributed by atoms with Gasteiger partial charge in [0.15, 0.2) is 0 Å². The maximum absolute atomic E-state index is 6.70. The molecule has 0 heterocycles. The van der Waals surface area contributed by atoms with Crippen molar-refractivity contribution in [3.8, 4) is 5.75 Å². The SMILES string of the molecule is CC1=[C]([Ti]([O]c2cc(C)cc([Si](C)(C)C)c2)[SiH](C)C)CC=C1. The van der Waals surface area contributed by atoms with E-state index in [0.29, 0.717) is 0 Å². The quantitative estimate of drug-likeness (QED) is 0.689. The molecule has 0 radical (unpaired) electrons. The van der Waals surface area contributed by atoms with Crippen molar-refractivity contribution in [2.45, 2.75) is 53.0 Å².